The van der Waals surface area contributed by atoms with Crippen LogP contribution in [0.25, 0.3) is 0 Å². The molecule has 1 amide bonds. The number of rotatable bonds is 7. The maximum absolute atomic E-state index is 13.1. The van der Waals surface area contributed by atoms with Crippen molar-refractivity contribution in [2.24, 2.45) is 0 Å². The Labute approximate surface area is 185 Å². The quantitative estimate of drug-likeness (QED) is 0.417. The molecule has 0 atom stereocenters. The first-order valence-corrected chi connectivity index (χ1v) is 12.3. The summed E-state index contributed by atoms with van der Waals surface area (Å²) in [7, 11) is -3.63. The van der Waals surface area contributed by atoms with Crippen molar-refractivity contribution >= 4 is 33.4 Å². The van der Waals surface area contributed by atoms with Gasteiger partial charge in [0.2, 0.25) is 5.16 Å². The number of nitrogens with one attached hydrogen (secondary N) is 2. The number of H-pyrrole nitrogens is 1. The van der Waals surface area contributed by atoms with E-state index in [1.54, 1.807) is 42.5 Å². The van der Waals surface area contributed by atoms with Gasteiger partial charge >= 0.3 is 0 Å². The summed E-state index contributed by atoms with van der Waals surface area (Å²) in [6, 6.07) is 12.0. The standard InChI is InChI=1S/C21H23N5O3S2/c1-14-3-6-18(7-4-14)31(28,29)26-11-9-16-13-17(5-8-19(16)26)20(27)22-10-12-30-21-23-15(2)24-25-21/h3-8,13H,9-12H2,1-2H3,(H,22,27)(H,23,24,25). The number of aryl methyl sites for hydroxylation is 2. The summed E-state index contributed by atoms with van der Waals surface area (Å²) in [6.07, 6.45) is 0.571. The van der Waals surface area contributed by atoms with Gasteiger partial charge in [-0.3, -0.25) is 14.2 Å². The number of thioether (sulfide) groups is 1. The summed E-state index contributed by atoms with van der Waals surface area (Å²) in [5.41, 5.74) is 3.01. The second kappa shape index (κ2) is 8.72. The van der Waals surface area contributed by atoms with Gasteiger partial charge < -0.3 is 5.32 Å². The second-order valence-corrected chi connectivity index (χ2v) is 10.2. The number of aromatic amines is 1. The van der Waals surface area contributed by atoms with Crippen LogP contribution in [0.3, 0.4) is 0 Å². The van der Waals surface area contributed by atoms with E-state index in [-0.39, 0.29) is 10.8 Å². The van der Waals surface area contributed by atoms with E-state index in [1.807, 2.05) is 13.8 Å². The van der Waals surface area contributed by atoms with Gasteiger partial charge in [-0.15, -0.1) is 5.10 Å². The van der Waals surface area contributed by atoms with Crippen LogP contribution in [0.1, 0.15) is 27.3 Å². The van der Waals surface area contributed by atoms with Crippen LogP contribution >= 0.6 is 11.8 Å². The highest BCUT2D eigenvalue weighted by molar-refractivity contribution is 7.99. The van der Waals surface area contributed by atoms with Crippen molar-refractivity contribution in [2.45, 2.75) is 30.3 Å². The van der Waals surface area contributed by atoms with Gasteiger partial charge in [0, 0.05) is 24.4 Å². The predicted octanol–water partition coefficient (Wildman–Crippen LogP) is 2.70. The second-order valence-electron chi connectivity index (χ2n) is 7.29. The number of hydrogen-bond acceptors (Lipinski definition) is 6. The Hall–Kier alpha value is -2.85. The number of sulfonamides is 1. The summed E-state index contributed by atoms with van der Waals surface area (Å²) in [5.74, 6) is 1.22. The minimum Gasteiger partial charge on any atom is -0.351 e. The van der Waals surface area contributed by atoms with E-state index in [2.05, 4.69) is 20.5 Å². The van der Waals surface area contributed by atoms with Crippen LogP contribution in [0.4, 0.5) is 5.69 Å². The average molecular weight is 458 g/mol. The molecule has 162 valence electrons. The normalized spacial score (nSPS) is 13.3. The topological polar surface area (TPSA) is 108 Å². The van der Waals surface area contributed by atoms with Gasteiger partial charge in [-0.2, -0.15) is 0 Å². The molecule has 0 radical (unpaired) electrons. The number of aromatic nitrogens is 3. The zero-order valence-corrected chi connectivity index (χ0v) is 18.9. The van der Waals surface area contributed by atoms with E-state index in [9.17, 15) is 13.2 Å². The van der Waals surface area contributed by atoms with Crippen molar-refractivity contribution in [1.82, 2.24) is 20.5 Å². The highest BCUT2D eigenvalue weighted by Gasteiger charge is 2.31. The Kier molecular flexibility index (Phi) is 6.01. The molecule has 3 aromatic rings. The van der Waals surface area contributed by atoms with Crippen molar-refractivity contribution in [3.63, 3.8) is 0 Å². The zero-order valence-electron chi connectivity index (χ0n) is 17.3. The Morgan fingerprint density at radius 1 is 1.19 bits per heavy atom. The molecule has 8 nitrogen and oxygen atoms in total. The molecule has 2 N–H and O–H groups in total. The van der Waals surface area contributed by atoms with Crippen LogP contribution in [-0.2, 0) is 16.4 Å². The molecule has 2 heterocycles. The van der Waals surface area contributed by atoms with E-state index < -0.39 is 10.0 Å². The molecule has 2 aromatic carbocycles. The van der Waals surface area contributed by atoms with Crippen LogP contribution < -0.4 is 9.62 Å². The molecule has 0 fully saturated rings. The molecule has 0 spiro atoms. The van der Waals surface area contributed by atoms with E-state index in [1.165, 1.54) is 16.1 Å². The summed E-state index contributed by atoms with van der Waals surface area (Å²) < 4.78 is 27.5. The van der Waals surface area contributed by atoms with E-state index in [0.29, 0.717) is 41.7 Å². The number of nitrogens with zero attached hydrogens (tertiary/aromatic N) is 3. The maximum Gasteiger partial charge on any atom is 0.264 e. The maximum atomic E-state index is 13.1. The number of carbonyl (C=O) groups excluding carboxylic acids is 1. The molecule has 0 saturated carbocycles. The Balaban J connectivity index is 1.41. The van der Waals surface area contributed by atoms with Gasteiger partial charge in [0.15, 0.2) is 0 Å². The third kappa shape index (κ3) is 4.59. The largest absolute Gasteiger partial charge is 0.351 e. The average Bonchev–Trinajstić information content (AvgIpc) is 3.37. The fourth-order valence-corrected chi connectivity index (χ4v) is 5.60. The van der Waals surface area contributed by atoms with Gasteiger partial charge in [-0.1, -0.05) is 29.5 Å². The zero-order chi connectivity index (χ0) is 22.0. The Morgan fingerprint density at radius 2 is 1.97 bits per heavy atom. The molecule has 31 heavy (non-hydrogen) atoms. The molecule has 1 aliphatic heterocycles. The first-order chi connectivity index (χ1) is 14.8. The molecule has 0 bridgehead atoms. The van der Waals surface area contributed by atoms with E-state index in [0.717, 1.165) is 17.0 Å². The molecule has 0 saturated heterocycles. The minimum absolute atomic E-state index is 0.186. The molecule has 0 aliphatic carbocycles. The first-order valence-electron chi connectivity index (χ1n) is 9.87. The van der Waals surface area contributed by atoms with Crippen molar-refractivity contribution < 1.29 is 13.2 Å². The summed E-state index contributed by atoms with van der Waals surface area (Å²) in [4.78, 5) is 17.0. The molecule has 0 unspecified atom stereocenters. The number of carbonyl (C=O) groups is 1. The van der Waals surface area contributed by atoms with Gasteiger partial charge in [0.25, 0.3) is 15.9 Å². The molecule has 1 aliphatic rings. The molecular formula is C21H23N5O3S2. The Bertz CT molecular complexity index is 1210. The smallest absolute Gasteiger partial charge is 0.264 e. The number of fused-ring (bicyclic) bond motifs is 1. The summed E-state index contributed by atoms with van der Waals surface area (Å²) >= 11 is 1.46. The van der Waals surface area contributed by atoms with Gasteiger partial charge in [-0.05, 0) is 56.2 Å². The molecule has 1 aromatic heterocycles. The summed E-state index contributed by atoms with van der Waals surface area (Å²) in [6.45, 7) is 4.59. The number of anilines is 1. The molecule has 4 rings (SSSR count). The predicted molar refractivity (Wildman–Crippen MR) is 120 cm³/mol. The minimum atomic E-state index is -3.63. The highest BCUT2D eigenvalue weighted by atomic mass is 32.2. The molecule has 10 heteroatoms. The van der Waals surface area contributed by atoms with Gasteiger partial charge in [0.1, 0.15) is 5.82 Å². The number of amides is 1. The van der Waals surface area contributed by atoms with Crippen molar-refractivity contribution in [3.05, 3.63) is 65.0 Å². The highest BCUT2D eigenvalue weighted by Crippen LogP contribution is 2.33. The summed E-state index contributed by atoms with van der Waals surface area (Å²) in [5, 5.41) is 10.4. The van der Waals surface area contributed by atoms with Gasteiger partial charge in [0.05, 0.1) is 10.6 Å². The van der Waals surface area contributed by atoms with Crippen molar-refractivity contribution in [1.29, 1.82) is 0 Å². The van der Waals surface area contributed by atoms with Crippen LogP contribution in [-0.4, -0.2) is 48.3 Å². The Morgan fingerprint density at radius 3 is 2.68 bits per heavy atom. The monoisotopic (exact) mass is 457 g/mol. The number of hydrogen-bond donors (Lipinski definition) is 2. The van der Waals surface area contributed by atoms with Crippen LogP contribution in [0, 0.1) is 13.8 Å². The van der Waals surface area contributed by atoms with Crippen LogP contribution in [0.15, 0.2) is 52.5 Å². The fraction of sp³-hybridized carbons (Fsp3) is 0.286. The van der Waals surface area contributed by atoms with E-state index >= 15 is 0 Å². The fourth-order valence-electron chi connectivity index (χ4n) is 3.40. The van der Waals surface area contributed by atoms with Crippen LogP contribution in [0.5, 0.6) is 0 Å². The lowest BCUT2D eigenvalue weighted by molar-refractivity contribution is 0.0956. The molecular weight excluding hydrogens is 434 g/mol. The lowest BCUT2D eigenvalue weighted by Crippen LogP contribution is -2.29. The van der Waals surface area contributed by atoms with E-state index in [4.69, 9.17) is 0 Å². The van der Waals surface area contributed by atoms with Crippen molar-refractivity contribution in [3.8, 4) is 0 Å². The third-order valence-electron chi connectivity index (χ3n) is 5.00. The number of benzene rings is 2. The van der Waals surface area contributed by atoms with Crippen molar-refractivity contribution in [2.75, 3.05) is 23.1 Å². The lowest BCUT2D eigenvalue weighted by Gasteiger charge is -2.20. The van der Waals surface area contributed by atoms with Crippen LogP contribution in [0.2, 0.25) is 0 Å². The third-order valence-corrected chi connectivity index (χ3v) is 7.68. The lowest BCUT2D eigenvalue weighted by atomic mass is 10.1. The van der Waals surface area contributed by atoms with Gasteiger partial charge in [-0.25, -0.2) is 13.4 Å². The first kappa shape index (κ1) is 21.4. The SMILES string of the molecule is Cc1ccc(S(=O)(=O)N2CCc3cc(C(=O)NCCSc4n[nH]c(C)n4)ccc32)cc1.